The maximum absolute atomic E-state index is 12.4. The smallest absolute Gasteiger partial charge is 0.264 e. The van der Waals surface area contributed by atoms with Crippen LogP contribution in [0.2, 0.25) is 0 Å². The largest absolute Gasteiger partial charge is 0.353 e. The highest BCUT2D eigenvalue weighted by Crippen LogP contribution is 2.19. The van der Waals surface area contributed by atoms with Crippen molar-refractivity contribution in [2.24, 2.45) is 0 Å². The van der Waals surface area contributed by atoms with Crippen molar-refractivity contribution < 1.29 is 4.79 Å². The highest BCUT2D eigenvalue weighted by atomic mass is 32.1. The second-order valence-electron chi connectivity index (χ2n) is 5.21. The Morgan fingerprint density at radius 1 is 1.23 bits per heavy atom. The Hall–Kier alpha value is -2.39. The van der Waals surface area contributed by atoms with Crippen LogP contribution < -0.4 is 4.90 Å². The second kappa shape index (κ2) is 6.16. The summed E-state index contributed by atoms with van der Waals surface area (Å²) in [5.41, 5.74) is 0.561. The number of nitriles is 1. The number of aryl methyl sites for hydroxylation is 1. The molecule has 0 N–H and O–H groups in total. The third-order valence-corrected chi connectivity index (χ3v) is 4.71. The number of rotatable bonds is 2. The van der Waals surface area contributed by atoms with Crippen molar-refractivity contribution in [3.63, 3.8) is 0 Å². The fourth-order valence-electron chi connectivity index (χ4n) is 2.48. The second-order valence-corrected chi connectivity index (χ2v) is 6.49. The number of thiophene rings is 1. The highest BCUT2D eigenvalue weighted by Gasteiger charge is 2.23. The van der Waals surface area contributed by atoms with Gasteiger partial charge in [0.05, 0.1) is 10.4 Å². The minimum atomic E-state index is 0.116. The lowest BCUT2D eigenvalue weighted by atomic mass is 10.2. The molecule has 1 aliphatic rings. The zero-order valence-electron chi connectivity index (χ0n) is 12.3. The first-order chi connectivity index (χ1) is 10.7. The van der Waals surface area contributed by atoms with E-state index in [0.29, 0.717) is 18.7 Å². The number of anilines is 1. The van der Waals surface area contributed by atoms with E-state index in [-0.39, 0.29) is 5.91 Å². The third-order valence-electron chi connectivity index (χ3n) is 3.72. The number of aromatic nitrogens is 1. The van der Waals surface area contributed by atoms with E-state index in [2.05, 4.69) is 16.0 Å². The van der Waals surface area contributed by atoms with E-state index in [1.165, 1.54) is 0 Å². The Kier molecular flexibility index (Phi) is 4.07. The quantitative estimate of drug-likeness (QED) is 0.853. The van der Waals surface area contributed by atoms with Crippen LogP contribution in [0.3, 0.4) is 0 Å². The number of carbonyl (C=O) groups is 1. The van der Waals surface area contributed by atoms with Crippen molar-refractivity contribution in [3.8, 4) is 6.07 Å². The van der Waals surface area contributed by atoms with Crippen LogP contribution in [-0.2, 0) is 0 Å². The minimum absolute atomic E-state index is 0.116. The molecule has 0 bridgehead atoms. The number of piperazine rings is 1. The molecule has 2 aromatic heterocycles. The first-order valence-electron chi connectivity index (χ1n) is 7.14. The van der Waals surface area contributed by atoms with E-state index in [1.54, 1.807) is 23.6 Å². The summed E-state index contributed by atoms with van der Waals surface area (Å²) in [7, 11) is 0. The molecule has 6 heteroatoms. The fourth-order valence-corrected chi connectivity index (χ4v) is 3.32. The van der Waals surface area contributed by atoms with E-state index in [1.807, 2.05) is 30.0 Å². The Labute approximate surface area is 133 Å². The van der Waals surface area contributed by atoms with Gasteiger partial charge in [0.15, 0.2) is 0 Å². The van der Waals surface area contributed by atoms with E-state index >= 15 is 0 Å². The Balaban J connectivity index is 1.62. The van der Waals surface area contributed by atoms with Gasteiger partial charge in [0, 0.05) is 37.3 Å². The molecular weight excluding hydrogens is 296 g/mol. The summed E-state index contributed by atoms with van der Waals surface area (Å²) >= 11 is 1.54. The van der Waals surface area contributed by atoms with Gasteiger partial charge < -0.3 is 9.80 Å². The molecule has 0 unspecified atom stereocenters. The van der Waals surface area contributed by atoms with Gasteiger partial charge in [0.2, 0.25) is 0 Å². The van der Waals surface area contributed by atoms with Gasteiger partial charge in [-0.3, -0.25) is 4.79 Å². The van der Waals surface area contributed by atoms with Gasteiger partial charge in [-0.05, 0) is 31.2 Å². The van der Waals surface area contributed by atoms with Crippen molar-refractivity contribution in [1.29, 1.82) is 5.26 Å². The molecule has 0 atom stereocenters. The number of carbonyl (C=O) groups excluding carboxylic acids is 1. The van der Waals surface area contributed by atoms with Gasteiger partial charge in [-0.1, -0.05) is 0 Å². The van der Waals surface area contributed by atoms with Crippen LogP contribution in [0.4, 0.5) is 5.82 Å². The molecule has 0 spiro atoms. The van der Waals surface area contributed by atoms with E-state index in [4.69, 9.17) is 5.26 Å². The molecule has 0 aromatic carbocycles. The monoisotopic (exact) mass is 312 g/mol. The van der Waals surface area contributed by atoms with Crippen LogP contribution in [0.15, 0.2) is 30.5 Å². The van der Waals surface area contributed by atoms with Gasteiger partial charge in [-0.15, -0.1) is 11.3 Å². The number of pyridine rings is 1. The van der Waals surface area contributed by atoms with Gasteiger partial charge >= 0.3 is 0 Å². The summed E-state index contributed by atoms with van der Waals surface area (Å²) in [5.74, 6) is 0.976. The zero-order valence-corrected chi connectivity index (χ0v) is 13.1. The van der Waals surface area contributed by atoms with E-state index < -0.39 is 0 Å². The van der Waals surface area contributed by atoms with Crippen LogP contribution >= 0.6 is 11.3 Å². The molecule has 112 valence electrons. The molecule has 5 nitrogen and oxygen atoms in total. The summed E-state index contributed by atoms with van der Waals surface area (Å²) in [5, 5.41) is 8.80. The lowest BCUT2D eigenvalue weighted by Gasteiger charge is -2.35. The number of amides is 1. The Morgan fingerprint density at radius 2 is 2.00 bits per heavy atom. The molecule has 1 amide bonds. The average Bonchev–Trinajstić information content (AvgIpc) is 3.01. The Morgan fingerprint density at radius 3 is 2.55 bits per heavy atom. The van der Waals surface area contributed by atoms with Crippen molar-refractivity contribution in [2.75, 3.05) is 31.1 Å². The van der Waals surface area contributed by atoms with Gasteiger partial charge in [-0.25, -0.2) is 4.98 Å². The zero-order chi connectivity index (χ0) is 15.5. The molecule has 0 aliphatic carbocycles. The first kappa shape index (κ1) is 14.5. The number of nitrogens with zero attached hydrogens (tertiary/aromatic N) is 4. The van der Waals surface area contributed by atoms with E-state index in [9.17, 15) is 4.79 Å². The molecule has 3 heterocycles. The molecule has 22 heavy (non-hydrogen) atoms. The predicted octanol–water partition coefficient (Wildman–Crippen LogP) is 2.29. The van der Waals surface area contributed by atoms with Crippen molar-refractivity contribution in [2.45, 2.75) is 6.92 Å². The fraction of sp³-hybridized carbons (Fsp3) is 0.312. The lowest BCUT2D eigenvalue weighted by Crippen LogP contribution is -2.48. The average molecular weight is 312 g/mol. The van der Waals surface area contributed by atoms with Crippen molar-refractivity contribution in [1.82, 2.24) is 9.88 Å². The van der Waals surface area contributed by atoms with Crippen LogP contribution in [0.25, 0.3) is 0 Å². The maximum atomic E-state index is 12.4. The van der Waals surface area contributed by atoms with Gasteiger partial charge in [0.1, 0.15) is 11.9 Å². The molecule has 1 aliphatic heterocycles. The van der Waals surface area contributed by atoms with Crippen molar-refractivity contribution in [3.05, 3.63) is 45.8 Å². The van der Waals surface area contributed by atoms with E-state index in [0.717, 1.165) is 28.7 Å². The van der Waals surface area contributed by atoms with Crippen molar-refractivity contribution >= 4 is 23.1 Å². The standard InChI is InChI=1S/C16H16N4OS/c1-12-2-4-14(22-12)16(21)20-8-6-19(7-9-20)15-5-3-13(10-17)11-18-15/h2-5,11H,6-9H2,1H3. The maximum Gasteiger partial charge on any atom is 0.264 e. The number of hydrogen-bond acceptors (Lipinski definition) is 5. The van der Waals surface area contributed by atoms with Crippen LogP contribution in [0.1, 0.15) is 20.1 Å². The molecule has 1 fully saturated rings. The van der Waals surface area contributed by atoms with Crippen LogP contribution in [-0.4, -0.2) is 42.0 Å². The SMILES string of the molecule is Cc1ccc(C(=O)N2CCN(c3ccc(C#N)cn3)CC2)s1. The lowest BCUT2D eigenvalue weighted by molar-refractivity contribution is 0.0751. The molecule has 1 saturated heterocycles. The summed E-state index contributed by atoms with van der Waals surface area (Å²) < 4.78 is 0. The number of hydrogen-bond donors (Lipinski definition) is 0. The summed E-state index contributed by atoms with van der Waals surface area (Å²) in [6, 6.07) is 9.58. The van der Waals surface area contributed by atoms with Gasteiger partial charge in [0.25, 0.3) is 5.91 Å². The van der Waals surface area contributed by atoms with Crippen LogP contribution in [0, 0.1) is 18.3 Å². The molecule has 0 saturated carbocycles. The summed E-state index contributed by atoms with van der Waals surface area (Å²) in [6.07, 6.45) is 1.58. The predicted molar refractivity (Wildman–Crippen MR) is 86.1 cm³/mol. The topological polar surface area (TPSA) is 60.2 Å². The summed E-state index contributed by atoms with van der Waals surface area (Å²) in [6.45, 7) is 4.91. The Bertz CT molecular complexity index is 708. The third kappa shape index (κ3) is 2.95. The van der Waals surface area contributed by atoms with Crippen LogP contribution in [0.5, 0.6) is 0 Å². The molecule has 3 rings (SSSR count). The highest BCUT2D eigenvalue weighted by molar-refractivity contribution is 7.13. The summed E-state index contributed by atoms with van der Waals surface area (Å²) in [4.78, 5) is 22.7. The van der Waals surface area contributed by atoms with Gasteiger partial charge in [-0.2, -0.15) is 5.26 Å². The molecule has 0 radical (unpaired) electrons. The molecule has 2 aromatic rings. The normalized spacial score (nSPS) is 14.7. The molecular formula is C16H16N4OS. The first-order valence-corrected chi connectivity index (χ1v) is 7.96. The minimum Gasteiger partial charge on any atom is -0.353 e.